The van der Waals surface area contributed by atoms with Crippen molar-refractivity contribution in [1.29, 1.82) is 0 Å². The van der Waals surface area contributed by atoms with Gasteiger partial charge in [-0.2, -0.15) is 0 Å². The molecule has 2 unspecified atom stereocenters. The van der Waals surface area contributed by atoms with Gasteiger partial charge in [0.1, 0.15) is 11.9 Å². The second-order valence-corrected chi connectivity index (χ2v) is 6.97. The Morgan fingerprint density at radius 1 is 1.16 bits per heavy atom. The minimum Gasteiger partial charge on any atom is -0.322 e. The van der Waals surface area contributed by atoms with Crippen molar-refractivity contribution < 1.29 is 18.8 Å². The van der Waals surface area contributed by atoms with Crippen LogP contribution in [0.3, 0.4) is 0 Å². The molecule has 0 spiro atoms. The number of hydrogen-bond donors (Lipinski definition) is 2. The molecule has 3 heterocycles. The lowest BCUT2D eigenvalue weighted by atomic mass is 9.89. The van der Waals surface area contributed by atoms with E-state index in [1.165, 1.54) is 11.0 Å². The molecule has 0 bridgehead atoms. The van der Waals surface area contributed by atoms with E-state index < -0.39 is 11.9 Å². The third kappa shape index (κ3) is 2.82. The van der Waals surface area contributed by atoms with Gasteiger partial charge in [0.05, 0.1) is 0 Å². The number of carbonyl (C=O) groups excluding carboxylic acids is 3. The van der Waals surface area contributed by atoms with Crippen molar-refractivity contribution in [3.63, 3.8) is 0 Å². The van der Waals surface area contributed by atoms with Gasteiger partial charge >= 0.3 is 0 Å². The Balaban J connectivity index is 1.60. The molecule has 1 aromatic rings. The maximum absolute atomic E-state index is 14.6. The molecule has 3 aliphatic heterocycles. The van der Waals surface area contributed by atoms with Gasteiger partial charge in [-0.25, -0.2) is 4.39 Å². The van der Waals surface area contributed by atoms with Crippen LogP contribution < -0.4 is 10.6 Å². The van der Waals surface area contributed by atoms with Crippen LogP contribution in [-0.4, -0.2) is 41.8 Å². The van der Waals surface area contributed by atoms with E-state index in [2.05, 4.69) is 10.6 Å². The van der Waals surface area contributed by atoms with E-state index in [4.69, 9.17) is 0 Å². The van der Waals surface area contributed by atoms with Crippen LogP contribution in [0.4, 0.5) is 4.39 Å². The van der Waals surface area contributed by atoms with Crippen LogP contribution in [0.15, 0.2) is 12.1 Å². The molecule has 4 rings (SSSR count). The number of nitrogens with one attached hydrogen (secondary N) is 2. The fourth-order valence-electron chi connectivity index (χ4n) is 4.04. The van der Waals surface area contributed by atoms with Gasteiger partial charge in [0.25, 0.3) is 5.91 Å². The van der Waals surface area contributed by atoms with Crippen molar-refractivity contribution in [3.05, 3.63) is 34.6 Å². The van der Waals surface area contributed by atoms with Gasteiger partial charge < -0.3 is 10.2 Å². The summed E-state index contributed by atoms with van der Waals surface area (Å²) in [5, 5.41) is 5.55. The summed E-state index contributed by atoms with van der Waals surface area (Å²) >= 11 is 0. The molecule has 2 fully saturated rings. The number of halogens is 1. The quantitative estimate of drug-likeness (QED) is 0.786. The second kappa shape index (κ2) is 6.22. The van der Waals surface area contributed by atoms with Crippen molar-refractivity contribution in [2.24, 2.45) is 0 Å². The molecular formula is C18H20FN3O3. The molecule has 6 nitrogen and oxygen atoms in total. The first-order chi connectivity index (χ1) is 12.0. The zero-order valence-electron chi connectivity index (χ0n) is 13.8. The van der Waals surface area contributed by atoms with E-state index in [9.17, 15) is 18.8 Å². The SMILES string of the molecule is O=C1CCC(N2Cc3cc(C4CCCNC4)c(F)cc3C2=O)C(=O)N1. The predicted molar refractivity (Wildman–Crippen MR) is 87.3 cm³/mol. The van der Waals surface area contributed by atoms with Crippen molar-refractivity contribution in [2.45, 2.75) is 44.2 Å². The number of piperidine rings is 2. The van der Waals surface area contributed by atoms with E-state index in [1.807, 2.05) is 0 Å². The molecule has 0 aliphatic carbocycles. The summed E-state index contributed by atoms with van der Waals surface area (Å²) in [5.41, 5.74) is 1.73. The van der Waals surface area contributed by atoms with Crippen molar-refractivity contribution in [3.8, 4) is 0 Å². The van der Waals surface area contributed by atoms with E-state index in [0.29, 0.717) is 17.5 Å². The lowest BCUT2D eigenvalue weighted by Gasteiger charge is -2.29. The molecule has 0 radical (unpaired) electrons. The smallest absolute Gasteiger partial charge is 0.255 e. The van der Waals surface area contributed by atoms with Gasteiger partial charge in [-0.05, 0) is 55.0 Å². The zero-order valence-corrected chi connectivity index (χ0v) is 13.8. The Morgan fingerprint density at radius 3 is 2.72 bits per heavy atom. The van der Waals surface area contributed by atoms with Crippen LogP contribution >= 0.6 is 0 Å². The van der Waals surface area contributed by atoms with Crippen molar-refractivity contribution in [2.75, 3.05) is 13.1 Å². The van der Waals surface area contributed by atoms with Crippen LogP contribution in [0.25, 0.3) is 0 Å². The second-order valence-electron chi connectivity index (χ2n) is 6.97. The fourth-order valence-corrected chi connectivity index (χ4v) is 4.04. The molecule has 0 aromatic heterocycles. The van der Waals surface area contributed by atoms with Gasteiger partial charge in [-0.15, -0.1) is 0 Å². The van der Waals surface area contributed by atoms with Crippen LogP contribution in [-0.2, 0) is 16.1 Å². The first-order valence-electron chi connectivity index (χ1n) is 8.72. The third-order valence-corrected chi connectivity index (χ3v) is 5.38. The standard InChI is InChI=1S/C18H20FN3O3/c19-14-7-13-11(6-12(14)10-2-1-5-20-8-10)9-22(18(13)25)15-3-4-16(23)21-17(15)24/h6-7,10,15,20H,1-5,8-9H2,(H,21,23,24). The number of benzene rings is 1. The number of nitrogens with zero attached hydrogens (tertiary/aromatic N) is 1. The Bertz CT molecular complexity index is 758. The average Bonchev–Trinajstić information content (AvgIpc) is 2.91. The molecule has 132 valence electrons. The molecule has 3 amide bonds. The van der Waals surface area contributed by atoms with Gasteiger partial charge in [0.15, 0.2) is 0 Å². The Kier molecular flexibility index (Phi) is 4.03. The van der Waals surface area contributed by atoms with E-state index in [0.717, 1.165) is 31.5 Å². The lowest BCUT2D eigenvalue weighted by Crippen LogP contribution is -2.52. The Labute approximate surface area is 144 Å². The summed E-state index contributed by atoms with van der Waals surface area (Å²) in [6, 6.07) is 2.43. The van der Waals surface area contributed by atoms with E-state index >= 15 is 0 Å². The number of imide groups is 1. The summed E-state index contributed by atoms with van der Waals surface area (Å²) in [5.74, 6) is -1.35. The largest absolute Gasteiger partial charge is 0.322 e. The van der Waals surface area contributed by atoms with Crippen LogP contribution in [0.5, 0.6) is 0 Å². The molecule has 2 N–H and O–H groups in total. The zero-order chi connectivity index (χ0) is 17.6. The molecule has 1 aromatic carbocycles. The first-order valence-corrected chi connectivity index (χ1v) is 8.72. The minimum absolute atomic E-state index is 0.110. The molecule has 25 heavy (non-hydrogen) atoms. The molecule has 0 saturated carbocycles. The summed E-state index contributed by atoms with van der Waals surface area (Å²) in [7, 11) is 0. The molecule has 3 aliphatic rings. The van der Waals surface area contributed by atoms with Crippen LogP contribution in [0.1, 0.15) is 53.1 Å². The first kappa shape index (κ1) is 16.2. The highest BCUT2D eigenvalue weighted by atomic mass is 19.1. The van der Waals surface area contributed by atoms with E-state index in [1.54, 1.807) is 6.07 Å². The topological polar surface area (TPSA) is 78.5 Å². The monoisotopic (exact) mass is 345 g/mol. The van der Waals surface area contributed by atoms with Crippen LogP contribution in [0, 0.1) is 5.82 Å². The van der Waals surface area contributed by atoms with Crippen molar-refractivity contribution in [1.82, 2.24) is 15.5 Å². The fraction of sp³-hybridized carbons (Fsp3) is 0.500. The highest BCUT2D eigenvalue weighted by Gasteiger charge is 2.39. The lowest BCUT2D eigenvalue weighted by molar-refractivity contribution is -0.136. The number of hydrogen-bond acceptors (Lipinski definition) is 4. The van der Waals surface area contributed by atoms with Gasteiger partial charge in [0, 0.05) is 25.1 Å². The summed E-state index contributed by atoms with van der Waals surface area (Å²) < 4.78 is 14.6. The molecule has 7 heteroatoms. The molecule has 2 saturated heterocycles. The van der Waals surface area contributed by atoms with Gasteiger partial charge in [-0.1, -0.05) is 0 Å². The molecule has 2 atom stereocenters. The van der Waals surface area contributed by atoms with Crippen LogP contribution in [0.2, 0.25) is 0 Å². The minimum atomic E-state index is -0.666. The van der Waals surface area contributed by atoms with E-state index in [-0.39, 0.29) is 36.5 Å². The van der Waals surface area contributed by atoms with Crippen molar-refractivity contribution >= 4 is 17.7 Å². The Morgan fingerprint density at radius 2 is 2.00 bits per heavy atom. The normalized spacial score (nSPS) is 26.6. The summed E-state index contributed by atoms with van der Waals surface area (Å²) in [6.45, 7) is 1.97. The highest BCUT2D eigenvalue weighted by Crippen LogP contribution is 2.33. The predicted octanol–water partition coefficient (Wildman–Crippen LogP) is 1.05. The number of carbonyl (C=O) groups is 3. The molecular weight excluding hydrogens is 325 g/mol. The number of fused-ring (bicyclic) bond motifs is 1. The third-order valence-electron chi connectivity index (χ3n) is 5.38. The summed E-state index contributed by atoms with van der Waals surface area (Å²) in [6.07, 6.45) is 2.45. The number of amides is 3. The Hall–Kier alpha value is -2.28. The van der Waals surface area contributed by atoms with Gasteiger partial charge in [-0.3, -0.25) is 19.7 Å². The summed E-state index contributed by atoms with van der Waals surface area (Å²) in [4.78, 5) is 37.5. The highest BCUT2D eigenvalue weighted by molar-refractivity contribution is 6.05. The average molecular weight is 345 g/mol. The maximum Gasteiger partial charge on any atom is 0.255 e. The maximum atomic E-state index is 14.6. The van der Waals surface area contributed by atoms with Gasteiger partial charge in [0.2, 0.25) is 11.8 Å². The number of rotatable bonds is 2.